The summed E-state index contributed by atoms with van der Waals surface area (Å²) in [5, 5.41) is 2.86. The first kappa shape index (κ1) is 21.6. The molecule has 0 aromatic heterocycles. The van der Waals surface area contributed by atoms with E-state index in [0.717, 1.165) is 18.4 Å². The molecule has 2 aromatic carbocycles. The van der Waals surface area contributed by atoms with Crippen molar-refractivity contribution in [1.82, 2.24) is 4.31 Å². The van der Waals surface area contributed by atoms with E-state index in [1.165, 1.54) is 22.0 Å². The second kappa shape index (κ2) is 9.15. The fourth-order valence-corrected chi connectivity index (χ4v) is 5.15. The molecule has 1 fully saturated rings. The molecule has 0 unspecified atom stereocenters. The number of aryl methyl sites for hydroxylation is 2. The number of rotatable bonds is 7. The van der Waals surface area contributed by atoms with Crippen LogP contribution in [0.5, 0.6) is 5.75 Å². The molecule has 1 saturated heterocycles. The number of carbonyl (C=O) groups is 1. The van der Waals surface area contributed by atoms with Crippen LogP contribution in [-0.2, 0) is 14.8 Å². The highest BCUT2D eigenvalue weighted by molar-refractivity contribution is 7.89. The third-order valence-electron chi connectivity index (χ3n) is 4.97. The standard InChI is InChI=1S/C21H25ClN2O4S/c1-15-5-7-18(13-16(15)2)28-12-9-21(25)23-17-6-8-19(22)20(14-17)29(26,27)24-10-3-4-11-24/h5-8,13-14H,3-4,9-12H2,1-2H3,(H,23,25). The number of nitrogens with one attached hydrogen (secondary N) is 1. The Morgan fingerprint density at radius 2 is 1.83 bits per heavy atom. The van der Waals surface area contributed by atoms with Gasteiger partial charge in [-0.2, -0.15) is 4.31 Å². The lowest BCUT2D eigenvalue weighted by molar-refractivity contribution is -0.116. The van der Waals surface area contributed by atoms with E-state index < -0.39 is 10.0 Å². The van der Waals surface area contributed by atoms with Gasteiger partial charge in [0, 0.05) is 18.8 Å². The number of amides is 1. The Bertz CT molecular complexity index is 1000. The lowest BCUT2D eigenvalue weighted by atomic mass is 10.1. The SMILES string of the molecule is Cc1ccc(OCCC(=O)Nc2ccc(Cl)c(S(=O)(=O)N3CCCC3)c2)cc1C. The second-order valence-electron chi connectivity index (χ2n) is 7.15. The zero-order chi connectivity index (χ0) is 21.0. The molecule has 1 aliphatic rings. The predicted octanol–water partition coefficient (Wildman–Crippen LogP) is 4.15. The molecule has 3 rings (SSSR count). The van der Waals surface area contributed by atoms with Crippen molar-refractivity contribution in [3.8, 4) is 5.75 Å². The predicted molar refractivity (Wildman–Crippen MR) is 114 cm³/mol. The highest BCUT2D eigenvalue weighted by Crippen LogP contribution is 2.29. The Hall–Kier alpha value is -2.09. The van der Waals surface area contributed by atoms with Crippen LogP contribution in [0, 0.1) is 13.8 Å². The molecular weight excluding hydrogens is 412 g/mol. The topological polar surface area (TPSA) is 75.7 Å². The van der Waals surface area contributed by atoms with Gasteiger partial charge in [0.1, 0.15) is 10.6 Å². The Labute approximate surface area is 176 Å². The number of halogens is 1. The van der Waals surface area contributed by atoms with E-state index in [0.29, 0.717) is 24.5 Å². The number of carbonyl (C=O) groups excluding carboxylic acids is 1. The zero-order valence-corrected chi connectivity index (χ0v) is 18.1. The van der Waals surface area contributed by atoms with Crippen LogP contribution in [-0.4, -0.2) is 38.3 Å². The van der Waals surface area contributed by atoms with Gasteiger partial charge in [-0.15, -0.1) is 0 Å². The third kappa shape index (κ3) is 5.29. The fraction of sp³-hybridized carbons (Fsp3) is 0.381. The van der Waals surface area contributed by atoms with Gasteiger partial charge >= 0.3 is 0 Å². The first-order valence-corrected chi connectivity index (χ1v) is 11.4. The van der Waals surface area contributed by atoms with E-state index in [1.807, 2.05) is 32.0 Å². The molecule has 1 amide bonds. The first-order valence-electron chi connectivity index (χ1n) is 9.57. The summed E-state index contributed by atoms with van der Waals surface area (Å²) in [4.78, 5) is 12.3. The average Bonchev–Trinajstić information content (AvgIpc) is 3.22. The quantitative estimate of drug-likeness (QED) is 0.707. The van der Waals surface area contributed by atoms with E-state index in [4.69, 9.17) is 16.3 Å². The molecule has 0 aliphatic carbocycles. The number of nitrogens with zero attached hydrogens (tertiary/aromatic N) is 1. The molecule has 156 valence electrons. The largest absolute Gasteiger partial charge is 0.493 e. The molecule has 6 nitrogen and oxygen atoms in total. The summed E-state index contributed by atoms with van der Waals surface area (Å²) in [6.45, 7) is 5.23. The maximum absolute atomic E-state index is 12.8. The van der Waals surface area contributed by atoms with Gasteiger partial charge in [-0.3, -0.25) is 4.79 Å². The Morgan fingerprint density at radius 1 is 1.10 bits per heavy atom. The minimum Gasteiger partial charge on any atom is -0.493 e. The summed E-state index contributed by atoms with van der Waals surface area (Å²) in [6, 6.07) is 10.3. The van der Waals surface area contributed by atoms with Crippen molar-refractivity contribution in [3.05, 3.63) is 52.5 Å². The summed E-state index contributed by atoms with van der Waals surface area (Å²) in [5.74, 6) is 0.451. The van der Waals surface area contributed by atoms with Crippen molar-refractivity contribution in [2.75, 3.05) is 25.0 Å². The van der Waals surface area contributed by atoms with Crippen LogP contribution in [0.15, 0.2) is 41.3 Å². The number of benzene rings is 2. The fourth-order valence-electron chi connectivity index (χ4n) is 3.14. The molecule has 0 bridgehead atoms. The molecule has 1 N–H and O–H groups in total. The van der Waals surface area contributed by atoms with Gasteiger partial charge in [-0.1, -0.05) is 17.7 Å². The van der Waals surface area contributed by atoms with Crippen LogP contribution < -0.4 is 10.1 Å². The van der Waals surface area contributed by atoms with Crippen molar-refractivity contribution in [3.63, 3.8) is 0 Å². The van der Waals surface area contributed by atoms with Crippen LogP contribution in [0.4, 0.5) is 5.69 Å². The molecule has 0 atom stereocenters. The number of sulfonamides is 1. The summed E-state index contributed by atoms with van der Waals surface area (Å²) in [7, 11) is -3.66. The highest BCUT2D eigenvalue weighted by Gasteiger charge is 2.29. The second-order valence-corrected chi connectivity index (χ2v) is 9.46. The van der Waals surface area contributed by atoms with Gasteiger partial charge < -0.3 is 10.1 Å². The Kier molecular flexibility index (Phi) is 6.82. The molecule has 0 radical (unpaired) electrons. The minimum absolute atomic E-state index is 0.0187. The van der Waals surface area contributed by atoms with Crippen molar-refractivity contribution in [2.24, 2.45) is 0 Å². The molecule has 2 aromatic rings. The van der Waals surface area contributed by atoms with Crippen molar-refractivity contribution >= 4 is 33.2 Å². The molecule has 1 aliphatic heterocycles. The van der Waals surface area contributed by atoms with Crippen LogP contribution in [0.3, 0.4) is 0 Å². The normalized spacial score (nSPS) is 14.7. The van der Waals surface area contributed by atoms with Gasteiger partial charge in [-0.25, -0.2) is 8.42 Å². The van der Waals surface area contributed by atoms with Crippen molar-refractivity contribution in [2.45, 2.75) is 38.0 Å². The van der Waals surface area contributed by atoms with Gasteiger partial charge in [0.05, 0.1) is 18.1 Å². The number of ether oxygens (including phenoxy) is 1. The van der Waals surface area contributed by atoms with Gasteiger partial charge in [0.2, 0.25) is 15.9 Å². The summed E-state index contributed by atoms with van der Waals surface area (Å²) < 4.78 is 32.6. The van der Waals surface area contributed by atoms with Crippen LogP contribution >= 0.6 is 11.6 Å². The van der Waals surface area contributed by atoms with Crippen LogP contribution in [0.25, 0.3) is 0 Å². The van der Waals surface area contributed by atoms with Crippen molar-refractivity contribution < 1.29 is 17.9 Å². The molecular formula is C21H25ClN2O4S. The lowest BCUT2D eigenvalue weighted by Gasteiger charge is -2.17. The number of hydrogen-bond acceptors (Lipinski definition) is 4. The third-order valence-corrected chi connectivity index (χ3v) is 7.35. The van der Waals surface area contributed by atoms with Gasteiger partial charge in [-0.05, 0) is 68.1 Å². The van der Waals surface area contributed by atoms with E-state index in [-0.39, 0.29) is 28.9 Å². The minimum atomic E-state index is -3.66. The summed E-state index contributed by atoms with van der Waals surface area (Å²) in [6.07, 6.45) is 1.82. The molecule has 29 heavy (non-hydrogen) atoms. The van der Waals surface area contributed by atoms with E-state index in [2.05, 4.69) is 5.32 Å². The summed E-state index contributed by atoms with van der Waals surface area (Å²) >= 11 is 6.13. The van der Waals surface area contributed by atoms with Crippen LogP contribution in [0.2, 0.25) is 5.02 Å². The van der Waals surface area contributed by atoms with Gasteiger partial charge in [0.15, 0.2) is 0 Å². The zero-order valence-electron chi connectivity index (χ0n) is 16.6. The molecule has 0 spiro atoms. The van der Waals surface area contributed by atoms with E-state index >= 15 is 0 Å². The Morgan fingerprint density at radius 3 is 2.52 bits per heavy atom. The number of anilines is 1. The molecule has 1 heterocycles. The van der Waals surface area contributed by atoms with Crippen molar-refractivity contribution in [1.29, 1.82) is 0 Å². The summed E-state index contributed by atoms with van der Waals surface area (Å²) in [5.41, 5.74) is 2.70. The maximum Gasteiger partial charge on any atom is 0.244 e. The monoisotopic (exact) mass is 436 g/mol. The Balaban J connectivity index is 1.61. The molecule has 8 heteroatoms. The maximum atomic E-state index is 12.8. The van der Waals surface area contributed by atoms with E-state index in [9.17, 15) is 13.2 Å². The van der Waals surface area contributed by atoms with E-state index in [1.54, 1.807) is 6.07 Å². The van der Waals surface area contributed by atoms with Crippen LogP contribution in [0.1, 0.15) is 30.4 Å². The first-order chi connectivity index (χ1) is 13.8. The average molecular weight is 437 g/mol. The lowest BCUT2D eigenvalue weighted by Crippen LogP contribution is -2.28. The molecule has 0 saturated carbocycles. The highest BCUT2D eigenvalue weighted by atomic mass is 35.5. The number of hydrogen-bond donors (Lipinski definition) is 1. The smallest absolute Gasteiger partial charge is 0.244 e. The van der Waals surface area contributed by atoms with Gasteiger partial charge in [0.25, 0.3) is 0 Å².